The first-order valence-electron chi connectivity index (χ1n) is 9.82. The molecule has 1 saturated heterocycles. The molecule has 9 heteroatoms. The number of nitrogens with zero attached hydrogens (tertiary/aromatic N) is 3. The van der Waals surface area contributed by atoms with Gasteiger partial charge in [-0.2, -0.15) is 0 Å². The van der Waals surface area contributed by atoms with Crippen molar-refractivity contribution in [3.63, 3.8) is 0 Å². The molecule has 29 heavy (non-hydrogen) atoms. The molecule has 2 aromatic heterocycles. The van der Waals surface area contributed by atoms with Gasteiger partial charge in [0.2, 0.25) is 0 Å². The monoisotopic (exact) mass is 466 g/mol. The molecule has 4 rings (SSSR count). The van der Waals surface area contributed by atoms with Crippen molar-refractivity contribution in [2.45, 2.75) is 70.7 Å². The van der Waals surface area contributed by atoms with Crippen molar-refractivity contribution in [3.05, 3.63) is 23.2 Å². The maximum absolute atomic E-state index is 12.1. The van der Waals surface area contributed by atoms with Crippen LogP contribution in [-0.2, 0) is 14.2 Å². The maximum Gasteiger partial charge on any atom is 0.407 e. The highest BCUT2D eigenvalue weighted by Gasteiger charge is 2.54. The fraction of sp³-hybridized carbons (Fsp3) is 0.650. The number of fused-ring (bicyclic) bond motifs is 2. The topological polar surface area (TPSA) is 87.5 Å². The molecule has 4 atom stereocenters. The fourth-order valence-electron chi connectivity index (χ4n) is 4.26. The van der Waals surface area contributed by atoms with Gasteiger partial charge in [0.25, 0.3) is 0 Å². The zero-order valence-corrected chi connectivity index (χ0v) is 18.9. The van der Waals surface area contributed by atoms with E-state index in [-0.39, 0.29) is 24.2 Å². The first kappa shape index (κ1) is 20.6. The lowest BCUT2D eigenvalue weighted by Gasteiger charge is -2.25. The van der Waals surface area contributed by atoms with Crippen molar-refractivity contribution in [3.8, 4) is 0 Å². The van der Waals surface area contributed by atoms with Crippen LogP contribution < -0.4 is 5.32 Å². The van der Waals surface area contributed by atoms with Crippen molar-refractivity contribution >= 4 is 33.1 Å². The number of carbonyl (C=O) groups is 1. The summed E-state index contributed by atoms with van der Waals surface area (Å²) in [4.78, 5) is 20.7. The molecule has 1 amide bonds. The van der Waals surface area contributed by atoms with Gasteiger partial charge in [-0.3, -0.25) is 0 Å². The average molecular weight is 467 g/mol. The van der Waals surface area contributed by atoms with Crippen molar-refractivity contribution < 1.29 is 19.0 Å². The Hall–Kier alpha value is -1.71. The van der Waals surface area contributed by atoms with E-state index in [2.05, 4.69) is 35.8 Å². The minimum absolute atomic E-state index is 0.0379. The SMILES string of the molecule is CC(C)(C)OC(=O)NC[C@H]1C[C@@H](n2cc(Br)c3cncnc32)[C@@H]2OC(C)(C)O[C@H]12. The number of rotatable bonds is 3. The van der Waals surface area contributed by atoms with Gasteiger partial charge in [-0.1, -0.05) is 0 Å². The Labute approximate surface area is 178 Å². The predicted molar refractivity (Wildman–Crippen MR) is 110 cm³/mol. The maximum atomic E-state index is 12.1. The van der Waals surface area contributed by atoms with E-state index in [0.29, 0.717) is 6.54 Å². The van der Waals surface area contributed by atoms with Gasteiger partial charge >= 0.3 is 6.09 Å². The smallest absolute Gasteiger partial charge is 0.407 e. The molecule has 1 aliphatic carbocycles. The third-order valence-corrected chi connectivity index (χ3v) is 5.89. The van der Waals surface area contributed by atoms with E-state index in [4.69, 9.17) is 14.2 Å². The normalized spacial score (nSPS) is 28.5. The van der Waals surface area contributed by atoms with E-state index in [9.17, 15) is 4.79 Å². The van der Waals surface area contributed by atoms with E-state index in [1.165, 1.54) is 0 Å². The molecule has 2 fully saturated rings. The van der Waals surface area contributed by atoms with Gasteiger partial charge in [0.1, 0.15) is 23.7 Å². The lowest BCUT2D eigenvalue weighted by atomic mass is 10.1. The summed E-state index contributed by atoms with van der Waals surface area (Å²) in [7, 11) is 0. The average Bonchev–Trinajstić information content (AvgIpc) is 3.21. The van der Waals surface area contributed by atoms with Crippen molar-refractivity contribution in [2.75, 3.05) is 6.54 Å². The van der Waals surface area contributed by atoms with Gasteiger partial charge < -0.3 is 24.1 Å². The molecule has 0 radical (unpaired) electrons. The fourth-order valence-corrected chi connectivity index (χ4v) is 4.76. The summed E-state index contributed by atoms with van der Waals surface area (Å²) in [5.74, 6) is -0.578. The number of halogens is 1. The largest absolute Gasteiger partial charge is 0.444 e. The molecule has 0 bridgehead atoms. The number of alkyl carbamates (subject to hydrolysis) is 1. The molecule has 1 N–H and O–H groups in total. The molecule has 1 saturated carbocycles. The summed E-state index contributed by atoms with van der Waals surface area (Å²) >= 11 is 3.61. The van der Waals surface area contributed by atoms with Crippen LogP contribution in [0.25, 0.3) is 11.0 Å². The van der Waals surface area contributed by atoms with Gasteiger partial charge in [0.15, 0.2) is 5.79 Å². The molecule has 0 spiro atoms. The Kier molecular flexibility index (Phi) is 5.11. The summed E-state index contributed by atoms with van der Waals surface area (Å²) in [6.45, 7) is 9.85. The Morgan fingerprint density at radius 2 is 2.10 bits per heavy atom. The second kappa shape index (κ2) is 7.21. The third-order valence-electron chi connectivity index (χ3n) is 5.26. The second-order valence-corrected chi connectivity index (χ2v) is 10.0. The van der Waals surface area contributed by atoms with Crippen LogP contribution in [0.1, 0.15) is 47.1 Å². The third kappa shape index (κ3) is 4.13. The minimum atomic E-state index is -0.673. The van der Waals surface area contributed by atoms with Gasteiger partial charge in [0.05, 0.1) is 17.5 Å². The van der Waals surface area contributed by atoms with Crippen LogP contribution in [-0.4, -0.2) is 50.8 Å². The molecule has 2 aliphatic rings. The predicted octanol–water partition coefficient (Wildman–Crippen LogP) is 3.80. The highest BCUT2D eigenvalue weighted by atomic mass is 79.9. The lowest BCUT2D eigenvalue weighted by Crippen LogP contribution is -2.38. The summed E-state index contributed by atoms with van der Waals surface area (Å²) < 4.78 is 20.9. The molecule has 0 aromatic carbocycles. The highest BCUT2D eigenvalue weighted by Crippen LogP contribution is 2.48. The molecule has 158 valence electrons. The van der Waals surface area contributed by atoms with E-state index >= 15 is 0 Å². The zero-order chi connectivity index (χ0) is 21.0. The van der Waals surface area contributed by atoms with Gasteiger partial charge in [0, 0.05) is 29.3 Å². The van der Waals surface area contributed by atoms with E-state index < -0.39 is 17.5 Å². The van der Waals surface area contributed by atoms with Crippen LogP contribution in [0.3, 0.4) is 0 Å². The number of amides is 1. The summed E-state index contributed by atoms with van der Waals surface area (Å²) in [5.41, 5.74) is 0.320. The molecule has 0 unspecified atom stereocenters. The number of hydrogen-bond acceptors (Lipinski definition) is 6. The Bertz CT molecular complexity index is 923. The number of nitrogens with one attached hydrogen (secondary N) is 1. The molecule has 8 nitrogen and oxygen atoms in total. The number of aromatic nitrogens is 3. The van der Waals surface area contributed by atoms with Crippen LogP contribution in [0.4, 0.5) is 4.79 Å². The van der Waals surface area contributed by atoms with Crippen molar-refractivity contribution in [1.82, 2.24) is 19.9 Å². The molecular formula is C20H27BrN4O4. The summed E-state index contributed by atoms with van der Waals surface area (Å²) in [6.07, 6.45) is 5.50. The zero-order valence-electron chi connectivity index (χ0n) is 17.3. The van der Waals surface area contributed by atoms with Gasteiger partial charge in [-0.15, -0.1) is 0 Å². The van der Waals surface area contributed by atoms with Crippen molar-refractivity contribution in [1.29, 1.82) is 0 Å². The van der Waals surface area contributed by atoms with Crippen LogP contribution >= 0.6 is 15.9 Å². The Balaban J connectivity index is 1.57. The lowest BCUT2D eigenvalue weighted by molar-refractivity contribution is -0.160. The Morgan fingerprint density at radius 1 is 1.38 bits per heavy atom. The second-order valence-electron chi connectivity index (χ2n) is 9.16. The number of carbonyl (C=O) groups excluding carboxylic acids is 1. The first-order chi connectivity index (χ1) is 13.5. The van der Waals surface area contributed by atoms with Gasteiger partial charge in [-0.25, -0.2) is 14.8 Å². The van der Waals surface area contributed by atoms with Crippen LogP contribution in [0.5, 0.6) is 0 Å². The standard InChI is InChI=1S/C20H27BrN4O4/c1-19(2,3)29-18(26)23-7-11-6-14(16-15(11)27-20(4,5)28-16)25-9-13(21)12-8-22-10-24-17(12)25/h8-11,14-16H,6-7H2,1-5H3,(H,23,26)/t11-,14-,15-,16+/m1/s1. The van der Waals surface area contributed by atoms with Crippen LogP contribution in [0.2, 0.25) is 0 Å². The quantitative estimate of drug-likeness (QED) is 0.739. The molecule has 2 aromatic rings. The molecular weight excluding hydrogens is 440 g/mol. The summed E-state index contributed by atoms with van der Waals surface area (Å²) in [5, 5.41) is 3.85. The summed E-state index contributed by atoms with van der Waals surface area (Å²) in [6, 6.07) is 0.0379. The molecule has 1 aliphatic heterocycles. The number of ether oxygens (including phenoxy) is 3. The minimum Gasteiger partial charge on any atom is -0.444 e. The van der Waals surface area contributed by atoms with E-state index in [1.807, 2.05) is 40.8 Å². The Morgan fingerprint density at radius 3 is 2.83 bits per heavy atom. The number of hydrogen-bond donors (Lipinski definition) is 1. The van der Waals surface area contributed by atoms with Crippen molar-refractivity contribution in [2.24, 2.45) is 5.92 Å². The molecule has 3 heterocycles. The first-order valence-corrected chi connectivity index (χ1v) is 10.6. The van der Waals surface area contributed by atoms with Gasteiger partial charge in [-0.05, 0) is 57.0 Å². The van der Waals surface area contributed by atoms with Crippen LogP contribution in [0.15, 0.2) is 23.2 Å². The van der Waals surface area contributed by atoms with Crippen LogP contribution in [0, 0.1) is 5.92 Å². The van der Waals surface area contributed by atoms with E-state index in [1.54, 1.807) is 12.5 Å². The van der Waals surface area contributed by atoms with E-state index in [0.717, 1.165) is 21.9 Å². The highest BCUT2D eigenvalue weighted by molar-refractivity contribution is 9.10.